The number of fused-ring (bicyclic) bond motifs is 1. The van der Waals surface area contributed by atoms with Crippen molar-refractivity contribution in [3.05, 3.63) is 34.7 Å². The van der Waals surface area contributed by atoms with Crippen LogP contribution in [0.5, 0.6) is 0 Å². The number of hydrogen-bond acceptors (Lipinski definition) is 2. The zero-order chi connectivity index (χ0) is 19.6. The van der Waals surface area contributed by atoms with E-state index in [4.69, 9.17) is 0 Å². The Morgan fingerprint density at radius 2 is 1.69 bits per heavy atom. The van der Waals surface area contributed by atoms with Crippen molar-refractivity contribution in [3.63, 3.8) is 0 Å². The Bertz CT molecular complexity index is 695. The van der Waals surface area contributed by atoms with Crippen molar-refractivity contribution < 1.29 is 35.3 Å². The molecule has 1 aromatic rings. The second kappa shape index (κ2) is 7.54. The van der Waals surface area contributed by atoms with Gasteiger partial charge in [-0.1, -0.05) is 44.4 Å². The molecule has 146 valence electrons. The largest absolute Gasteiger partial charge is 0.491 e. The first-order chi connectivity index (χ1) is 12.0. The Balaban J connectivity index is 2.49. The molecule has 1 aliphatic rings. The molecule has 2 rings (SSSR count). The van der Waals surface area contributed by atoms with Crippen LogP contribution in [-0.4, -0.2) is 17.7 Å². The van der Waals surface area contributed by atoms with Gasteiger partial charge in [-0.3, -0.25) is 0 Å². The molecule has 26 heavy (non-hydrogen) atoms. The third kappa shape index (κ3) is 3.87. The Morgan fingerprint density at radius 1 is 1.04 bits per heavy atom. The summed E-state index contributed by atoms with van der Waals surface area (Å²) in [6.45, 7) is 1.93. The van der Waals surface area contributed by atoms with Gasteiger partial charge in [-0.2, -0.15) is 26.3 Å². The fraction of sp³-hybridized carbons (Fsp3) is 0.471. The highest BCUT2D eigenvalue weighted by atomic mass is 32.3. The Morgan fingerprint density at radius 3 is 2.27 bits per heavy atom. The summed E-state index contributed by atoms with van der Waals surface area (Å²) in [5.74, 6) is -2.82. The molecule has 1 atom stereocenters. The number of benzene rings is 1. The summed E-state index contributed by atoms with van der Waals surface area (Å²) < 4.78 is 84.3. The van der Waals surface area contributed by atoms with Gasteiger partial charge in [-0.15, -0.1) is 0 Å². The Hall–Kier alpha value is -1.64. The monoisotopic (exact) mass is 400 g/mol. The van der Waals surface area contributed by atoms with Gasteiger partial charge in [0.25, 0.3) is 0 Å². The van der Waals surface area contributed by atoms with E-state index < -0.39 is 32.9 Å². The SMILES string of the molecule is CCCCCCC1=Cc2ccccc2S1(OC(=O)C(F)(F)F)C(F)(F)F. The summed E-state index contributed by atoms with van der Waals surface area (Å²) in [6, 6.07) is 5.24. The van der Waals surface area contributed by atoms with Crippen LogP contribution < -0.4 is 0 Å². The maximum Gasteiger partial charge on any atom is 0.491 e. The highest BCUT2D eigenvalue weighted by Gasteiger charge is 2.62. The minimum atomic E-state index is -5.50. The van der Waals surface area contributed by atoms with E-state index in [2.05, 4.69) is 4.18 Å². The molecule has 0 saturated heterocycles. The summed E-state index contributed by atoms with van der Waals surface area (Å²) in [5, 5.41) is 0. The first-order valence-electron chi connectivity index (χ1n) is 8.04. The maximum absolute atomic E-state index is 14.0. The van der Waals surface area contributed by atoms with Crippen molar-refractivity contribution in [3.8, 4) is 0 Å². The molecule has 9 heteroatoms. The molecule has 0 bridgehead atoms. The molecular formula is C17H18F6O2S. The average molecular weight is 400 g/mol. The number of carbonyl (C=O) groups is 1. The number of halogens is 6. The first kappa shape index (κ1) is 20.7. The summed E-state index contributed by atoms with van der Waals surface area (Å²) in [6.07, 6.45) is -1.68. The van der Waals surface area contributed by atoms with E-state index in [1.165, 1.54) is 24.3 Å². The minimum absolute atomic E-state index is 0.0747. The second-order valence-corrected chi connectivity index (χ2v) is 8.54. The van der Waals surface area contributed by atoms with Crippen molar-refractivity contribution in [1.82, 2.24) is 0 Å². The predicted octanol–water partition coefficient (Wildman–Crippen LogP) is 6.72. The summed E-state index contributed by atoms with van der Waals surface area (Å²) in [4.78, 5) is 10.7. The first-order valence-corrected chi connectivity index (χ1v) is 9.59. The molecule has 1 unspecified atom stereocenters. The Labute approximate surface area is 148 Å². The number of alkyl halides is 6. The number of carbonyl (C=O) groups excluding carboxylic acids is 1. The van der Waals surface area contributed by atoms with Gasteiger partial charge in [-0.05, 0) is 30.5 Å². The van der Waals surface area contributed by atoms with Gasteiger partial charge in [0, 0.05) is 9.80 Å². The van der Waals surface area contributed by atoms with Crippen LogP contribution in [0.1, 0.15) is 44.6 Å². The van der Waals surface area contributed by atoms with E-state index in [1.54, 1.807) is 0 Å². The zero-order valence-corrected chi connectivity index (χ0v) is 14.7. The van der Waals surface area contributed by atoms with Crippen molar-refractivity contribution in [2.24, 2.45) is 0 Å². The fourth-order valence-electron chi connectivity index (χ4n) is 2.78. The predicted molar refractivity (Wildman–Crippen MR) is 87.2 cm³/mol. The van der Waals surface area contributed by atoms with Crippen molar-refractivity contribution in [1.29, 1.82) is 0 Å². The summed E-state index contributed by atoms with van der Waals surface area (Å²) in [5.41, 5.74) is -5.00. The zero-order valence-electron chi connectivity index (χ0n) is 13.9. The van der Waals surface area contributed by atoms with Crippen molar-refractivity contribution in [2.45, 2.75) is 55.6 Å². The standard InChI is InChI=1S/C17H18F6O2S/c1-2-3-4-5-9-13-11-12-8-6-7-10-14(12)26(13,17(21,22)23)25-15(24)16(18,19)20/h6-8,10-11H,2-5,9H2,1H3. The molecular weight excluding hydrogens is 382 g/mol. The molecule has 0 fully saturated rings. The molecule has 0 N–H and O–H groups in total. The molecule has 0 spiro atoms. The van der Waals surface area contributed by atoms with Crippen molar-refractivity contribution >= 4 is 22.4 Å². The molecule has 0 radical (unpaired) electrons. The fourth-order valence-corrected chi connectivity index (χ4v) is 5.68. The van der Waals surface area contributed by atoms with Gasteiger partial charge >= 0.3 is 17.7 Å². The number of allylic oxidation sites excluding steroid dienone is 1. The minimum Gasteiger partial charge on any atom is -0.392 e. The Kier molecular flexibility index (Phi) is 5.99. The molecule has 1 heterocycles. The number of hydrogen-bond donors (Lipinski definition) is 0. The molecule has 0 amide bonds. The van der Waals surface area contributed by atoms with Crippen molar-refractivity contribution in [2.75, 3.05) is 0 Å². The van der Waals surface area contributed by atoms with Crippen LogP contribution in [0.25, 0.3) is 6.08 Å². The van der Waals surface area contributed by atoms with E-state index in [9.17, 15) is 31.1 Å². The van der Waals surface area contributed by atoms with E-state index in [1.807, 2.05) is 6.92 Å². The lowest BCUT2D eigenvalue weighted by Crippen LogP contribution is -2.32. The van der Waals surface area contributed by atoms with Gasteiger partial charge in [0.05, 0.1) is 10.3 Å². The third-order valence-electron chi connectivity index (χ3n) is 3.95. The molecule has 0 saturated carbocycles. The molecule has 0 aliphatic carbocycles. The molecule has 1 aliphatic heterocycles. The van der Waals surface area contributed by atoms with Crippen LogP contribution in [0.3, 0.4) is 0 Å². The smallest absolute Gasteiger partial charge is 0.392 e. The molecule has 0 aromatic heterocycles. The highest BCUT2D eigenvalue weighted by molar-refractivity contribution is 8.34. The molecule has 1 aromatic carbocycles. The summed E-state index contributed by atoms with van der Waals surface area (Å²) in [7, 11) is -4.56. The number of rotatable bonds is 6. The van der Waals surface area contributed by atoms with Gasteiger partial charge < -0.3 is 4.18 Å². The van der Waals surface area contributed by atoms with E-state index in [0.717, 1.165) is 18.9 Å². The van der Waals surface area contributed by atoms with Crippen LogP contribution in [0, 0.1) is 0 Å². The van der Waals surface area contributed by atoms with E-state index >= 15 is 0 Å². The molecule has 2 nitrogen and oxygen atoms in total. The lowest BCUT2D eigenvalue weighted by Gasteiger charge is -2.39. The number of unbranched alkanes of at least 4 members (excludes halogenated alkanes) is 3. The van der Waals surface area contributed by atoms with Crippen LogP contribution in [-0.2, 0) is 8.98 Å². The van der Waals surface area contributed by atoms with Crippen LogP contribution in [0.15, 0.2) is 34.1 Å². The average Bonchev–Trinajstić information content (AvgIpc) is 2.85. The normalized spacial score (nSPS) is 22.3. The second-order valence-electron chi connectivity index (χ2n) is 5.83. The van der Waals surface area contributed by atoms with Gasteiger partial charge in [0.1, 0.15) is 0 Å². The van der Waals surface area contributed by atoms with E-state index in [0.29, 0.717) is 12.8 Å². The quantitative estimate of drug-likeness (QED) is 0.392. The van der Waals surface area contributed by atoms with Gasteiger partial charge in [-0.25, -0.2) is 4.79 Å². The van der Waals surface area contributed by atoms with Crippen LogP contribution >= 0.6 is 10.3 Å². The van der Waals surface area contributed by atoms with Gasteiger partial charge in [0.2, 0.25) is 0 Å². The highest BCUT2D eigenvalue weighted by Crippen LogP contribution is 2.78. The van der Waals surface area contributed by atoms with E-state index in [-0.39, 0.29) is 16.9 Å². The topological polar surface area (TPSA) is 26.3 Å². The third-order valence-corrected chi connectivity index (χ3v) is 7.05. The maximum atomic E-state index is 14.0. The van der Waals surface area contributed by atoms with Crippen LogP contribution in [0.4, 0.5) is 26.3 Å². The summed E-state index contributed by atoms with van der Waals surface area (Å²) >= 11 is 0. The lowest BCUT2D eigenvalue weighted by atomic mass is 10.1. The van der Waals surface area contributed by atoms with Crippen LogP contribution in [0.2, 0.25) is 0 Å². The van der Waals surface area contributed by atoms with Gasteiger partial charge in [0.15, 0.2) is 0 Å². The lowest BCUT2D eigenvalue weighted by molar-refractivity contribution is -0.189.